The van der Waals surface area contributed by atoms with Crippen LogP contribution in [0.25, 0.3) is 0 Å². The number of carbonyl (C=O) groups is 1. The highest BCUT2D eigenvalue weighted by molar-refractivity contribution is 7.16. The number of carbonyl (C=O) groups excluding carboxylic acids is 1. The van der Waals surface area contributed by atoms with E-state index in [1.54, 1.807) is 11.3 Å². The van der Waals surface area contributed by atoms with Crippen molar-refractivity contribution in [3.63, 3.8) is 0 Å². The van der Waals surface area contributed by atoms with Gasteiger partial charge in [-0.25, -0.2) is 0 Å². The van der Waals surface area contributed by atoms with Gasteiger partial charge in [-0.2, -0.15) is 0 Å². The van der Waals surface area contributed by atoms with E-state index in [-0.39, 0.29) is 11.9 Å². The Hall–Kier alpha value is -0.580. The SMILES string of the molecule is CC(N)CCCC(=O)NCCc1ccc(Cl)s1. The molecule has 96 valence electrons. The molecule has 0 aliphatic carbocycles. The summed E-state index contributed by atoms with van der Waals surface area (Å²) in [6, 6.07) is 4.05. The second kappa shape index (κ2) is 7.69. The predicted octanol–water partition coefficient (Wildman–Crippen LogP) is 2.58. The lowest BCUT2D eigenvalue weighted by molar-refractivity contribution is -0.121. The zero-order valence-corrected chi connectivity index (χ0v) is 11.6. The fraction of sp³-hybridized carbons (Fsp3) is 0.583. The predicted molar refractivity (Wildman–Crippen MR) is 73.5 cm³/mol. The number of halogens is 1. The van der Waals surface area contributed by atoms with Gasteiger partial charge >= 0.3 is 0 Å². The zero-order valence-electron chi connectivity index (χ0n) is 10.0. The number of hydrogen-bond acceptors (Lipinski definition) is 3. The van der Waals surface area contributed by atoms with Crippen molar-refractivity contribution in [2.24, 2.45) is 5.73 Å². The lowest BCUT2D eigenvalue weighted by atomic mass is 10.1. The van der Waals surface area contributed by atoms with E-state index in [0.717, 1.165) is 23.6 Å². The minimum absolute atomic E-state index is 0.105. The van der Waals surface area contributed by atoms with E-state index in [0.29, 0.717) is 13.0 Å². The topological polar surface area (TPSA) is 55.1 Å². The summed E-state index contributed by atoms with van der Waals surface area (Å²) in [6.45, 7) is 2.63. The molecule has 1 aromatic rings. The van der Waals surface area contributed by atoms with Crippen LogP contribution in [0, 0.1) is 0 Å². The van der Waals surface area contributed by atoms with Gasteiger partial charge in [-0.15, -0.1) is 11.3 Å². The Balaban J connectivity index is 2.08. The molecule has 3 N–H and O–H groups in total. The molecular weight excluding hydrogens is 256 g/mol. The fourth-order valence-electron chi connectivity index (χ4n) is 1.48. The van der Waals surface area contributed by atoms with Crippen LogP contribution in [0.3, 0.4) is 0 Å². The van der Waals surface area contributed by atoms with Gasteiger partial charge in [-0.3, -0.25) is 4.79 Å². The Labute approximate surface area is 111 Å². The smallest absolute Gasteiger partial charge is 0.220 e. The molecule has 0 aliphatic heterocycles. The molecule has 1 heterocycles. The lowest BCUT2D eigenvalue weighted by Gasteiger charge is -2.05. The third-order valence-electron chi connectivity index (χ3n) is 2.39. The highest BCUT2D eigenvalue weighted by Gasteiger charge is 2.03. The normalized spacial score (nSPS) is 12.4. The van der Waals surface area contributed by atoms with Gasteiger partial charge in [-0.1, -0.05) is 11.6 Å². The lowest BCUT2D eigenvalue weighted by Crippen LogP contribution is -2.25. The molecule has 0 fully saturated rings. The first kappa shape index (κ1) is 14.5. The molecule has 17 heavy (non-hydrogen) atoms. The van der Waals surface area contributed by atoms with Crippen molar-refractivity contribution in [2.45, 2.75) is 38.6 Å². The minimum Gasteiger partial charge on any atom is -0.356 e. The van der Waals surface area contributed by atoms with Crippen molar-refractivity contribution < 1.29 is 4.79 Å². The first-order valence-electron chi connectivity index (χ1n) is 5.84. The van der Waals surface area contributed by atoms with Gasteiger partial charge in [0, 0.05) is 23.9 Å². The van der Waals surface area contributed by atoms with Gasteiger partial charge in [0.2, 0.25) is 5.91 Å². The molecule has 0 saturated carbocycles. The number of nitrogens with two attached hydrogens (primary N) is 1. The maximum atomic E-state index is 11.4. The van der Waals surface area contributed by atoms with E-state index in [9.17, 15) is 4.79 Å². The van der Waals surface area contributed by atoms with Crippen LogP contribution >= 0.6 is 22.9 Å². The summed E-state index contributed by atoms with van der Waals surface area (Å²) in [4.78, 5) is 12.6. The summed E-state index contributed by atoms with van der Waals surface area (Å²) in [7, 11) is 0. The van der Waals surface area contributed by atoms with Crippen LogP contribution in [0.2, 0.25) is 4.34 Å². The number of thiophene rings is 1. The summed E-state index contributed by atoms with van der Waals surface area (Å²) in [6.07, 6.45) is 3.16. The Morgan fingerprint density at radius 2 is 2.35 bits per heavy atom. The third kappa shape index (κ3) is 6.66. The largest absolute Gasteiger partial charge is 0.356 e. The maximum absolute atomic E-state index is 11.4. The molecule has 0 bridgehead atoms. The number of hydrogen-bond donors (Lipinski definition) is 2. The molecule has 1 unspecified atom stereocenters. The van der Waals surface area contributed by atoms with Crippen LogP contribution in [0.5, 0.6) is 0 Å². The van der Waals surface area contributed by atoms with Gasteiger partial charge in [0.25, 0.3) is 0 Å². The average Bonchev–Trinajstić information content (AvgIpc) is 2.63. The molecule has 3 nitrogen and oxygen atoms in total. The number of rotatable bonds is 7. The van der Waals surface area contributed by atoms with Crippen LogP contribution in [-0.2, 0) is 11.2 Å². The molecule has 5 heteroatoms. The second-order valence-electron chi connectivity index (χ2n) is 4.18. The molecule has 1 amide bonds. The monoisotopic (exact) mass is 274 g/mol. The summed E-state index contributed by atoms with van der Waals surface area (Å²) < 4.78 is 0.795. The quantitative estimate of drug-likeness (QED) is 0.803. The van der Waals surface area contributed by atoms with Gasteiger partial charge in [-0.05, 0) is 38.3 Å². The molecule has 0 aromatic carbocycles. The standard InChI is InChI=1S/C12H19ClN2OS/c1-9(14)3-2-4-12(16)15-8-7-10-5-6-11(13)17-10/h5-6,9H,2-4,7-8,14H2,1H3,(H,15,16). The van der Waals surface area contributed by atoms with Crippen molar-refractivity contribution in [1.29, 1.82) is 0 Å². The van der Waals surface area contributed by atoms with Crippen molar-refractivity contribution in [3.05, 3.63) is 21.3 Å². The Morgan fingerprint density at radius 3 is 2.94 bits per heavy atom. The maximum Gasteiger partial charge on any atom is 0.220 e. The van der Waals surface area contributed by atoms with E-state index in [2.05, 4.69) is 5.32 Å². The second-order valence-corrected chi connectivity index (χ2v) is 5.97. The molecule has 0 saturated heterocycles. The van der Waals surface area contributed by atoms with Crippen molar-refractivity contribution in [1.82, 2.24) is 5.32 Å². The van der Waals surface area contributed by atoms with Crippen LogP contribution in [0.4, 0.5) is 0 Å². The van der Waals surface area contributed by atoms with E-state index in [1.165, 1.54) is 4.88 Å². The Bertz CT molecular complexity index is 352. The average molecular weight is 275 g/mol. The van der Waals surface area contributed by atoms with Crippen LogP contribution < -0.4 is 11.1 Å². The van der Waals surface area contributed by atoms with E-state index < -0.39 is 0 Å². The van der Waals surface area contributed by atoms with Crippen LogP contribution in [0.1, 0.15) is 31.1 Å². The van der Waals surface area contributed by atoms with E-state index in [1.807, 2.05) is 19.1 Å². The van der Waals surface area contributed by atoms with Crippen LogP contribution in [0.15, 0.2) is 12.1 Å². The molecule has 0 radical (unpaired) electrons. The molecule has 1 aromatic heterocycles. The molecule has 1 atom stereocenters. The molecule has 1 rings (SSSR count). The van der Waals surface area contributed by atoms with Crippen molar-refractivity contribution in [2.75, 3.05) is 6.54 Å². The van der Waals surface area contributed by atoms with Gasteiger partial charge in [0.15, 0.2) is 0 Å². The third-order valence-corrected chi connectivity index (χ3v) is 3.68. The number of nitrogens with one attached hydrogen (secondary N) is 1. The number of amides is 1. The zero-order chi connectivity index (χ0) is 12.7. The van der Waals surface area contributed by atoms with Gasteiger partial charge in [0.1, 0.15) is 0 Å². The van der Waals surface area contributed by atoms with E-state index >= 15 is 0 Å². The molecule has 0 spiro atoms. The fourth-order valence-corrected chi connectivity index (χ4v) is 2.57. The summed E-state index contributed by atoms with van der Waals surface area (Å²) in [5, 5.41) is 2.90. The van der Waals surface area contributed by atoms with Crippen molar-refractivity contribution >= 4 is 28.8 Å². The highest BCUT2D eigenvalue weighted by atomic mass is 35.5. The Kier molecular flexibility index (Phi) is 6.55. The first-order chi connectivity index (χ1) is 8.08. The summed E-state index contributed by atoms with van der Waals surface area (Å²) >= 11 is 7.38. The summed E-state index contributed by atoms with van der Waals surface area (Å²) in [5.74, 6) is 0.105. The van der Waals surface area contributed by atoms with E-state index in [4.69, 9.17) is 17.3 Å². The molecular formula is C12H19ClN2OS. The first-order valence-corrected chi connectivity index (χ1v) is 7.04. The molecule has 0 aliphatic rings. The Morgan fingerprint density at radius 1 is 1.59 bits per heavy atom. The van der Waals surface area contributed by atoms with Gasteiger partial charge < -0.3 is 11.1 Å². The van der Waals surface area contributed by atoms with Gasteiger partial charge in [0.05, 0.1) is 4.34 Å². The summed E-state index contributed by atoms with van der Waals surface area (Å²) in [5.41, 5.74) is 5.61. The van der Waals surface area contributed by atoms with Crippen LogP contribution in [-0.4, -0.2) is 18.5 Å². The van der Waals surface area contributed by atoms with Crippen molar-refractivity contribution in [3.8, 4) is 0 Å². The minimum atomic E-state index is 0.105. The highest BCUT2D eigenvalue weighted by Crippen LogP contribution is 2.21.